The number of methoxy groups -OCH3 is 1. The van der Waals surface area contributed by atoms with Gasteiger partial charge in [-0.1, -0.05) is 0 Å². The molecule has 1 aromatic heterocycles. The fourth-order valence-electron chi connectivity index (χ4n) is 2.31. The number of amides is 1. The van der Waals surface area contributed by atoms with Crippen LogP contribution in [0.3, 0.4) is 0 Å². The van der Waals surface area contributed by atoms with Crippen molar-refractivity contribution in [2.24, 2.45) is 0 Å². The van der Waals surface area contributed by atoms with Crippen LogP contribution in [0, 0.1) is 0 Å². The molecular weight excluding hydrogens is 250 g/mol. The Balaban J connectivity index is 2.08. The highest BCUT2D eigenvalue weighted by molar-refractivity contribution is 7.08. The van der Waals surface area contributed by atoms with Crippen molar-refractivity contribution in [3.8, 4) is 0 Å². The minimum Gasteiger partial charge on any atom is -0.469 e. The van der Waals surface area contributed by atoms with E-state index < -0.39 is 0 Å². The van der Waals surface area contributed by atoms with Gasteiger partial charge >= 0.3 is 5.97 Å². The van der Waals surface area contributed by atoms with E-state index in [1.165, 1.54) is 18.4 Å². The molecule has 0 bridgehead atoms. The van der Waals surface area contributed by atoms with E-state index in [4.69, 9.17) is 4.74 Å². The molecule has 0 spiro atoms. The van der Waals surface area contributed by atoms with Crippen molar-refractivity contribution < 1.29 is 14.3 Å². The first kappa shape index (κ1) is 13.1. The molecule has 0 N–H and O–H groups in total. The molecule has 1 unspecified atom stereocenters. The molecule has 1 atom stereocenters. The Labute approximate surface area is 111 Å². The van der Waals surface area contributed by atoms with Gasteiger partial charge < -0.3 is 9.64 Å². The Hall–Kier alpha value is -1.36. The van der Waals surface area contributed by atoms with Gasteiger partial charge in [-0.25, -0.2) is 0 Å². The lowest BCUT2D eigenvalue weighted by Crippen LogP contribution is -2.44. The van der Waals surface area contributed by atoms with Gasteiger partial charge in [0.15, 0.2) is 0 Å². The second-order valence-electron chi connectivity index (χ2n) is 4.44. The molecule has 4 nitrogen and oxygen atoms in total. The molecule has 1 saturated heterocycles. The van der Waals surface area contributed by atoms with E-state index in [0.29, 0.717) is 6.42 Å². The van der Waals surface area contributed by atoms with Gasteiger partial charge in [-0.3, -0.25) is 9.59 Å². The summed E-state index contributed by atoms with van der Waals surface area (Å²) in [6.07, 6.45) is 3.25. The van der Waals surface area contributed by atoms with Gasteiger partial charge in [0.25, 0.3) is 5.91 Å². The van der Waals surface area contributed by atoms with Crippen LogP contribution in [0.4, 0.5) is 0 Å². The van der Waals surface area contributed by atoms with Gasteiger partial charge in [-0.05, 0) is 30.7 Å². The molecule has 1 aromatic rings. The number of hydrogen-bond acceptors (Lipinski definition) is 4. The Morgan fingerprint density at radius 3 is 3.00 bits per heavy atom. The van der Waals surface area contributed by atoms with Crippen LogP contribution in [-0.4, -0.2) is 36.5 Å². The summed E-state index contributed by atoms with van der Waals surface area (Å²) in [5.74, 6) is -0.213. The molecule has 5 heteroatoms. The maximum absolute atomic E-state index is 12.3. The number of likely N-dealkylation sites (tertiary alicyclic amines) is 1. The molecule has 1 aliphatic rings. The first-order valence-corrected chi connectivity index (χ1v) is 7.06. The van der Waals surface area contributed by atoms with Crippen LogP contribution in [0.15, 0.2) is 16.8 Å². The minimum atomic E-state index is -0.245. The number of thiophene rings is 1. The van der Waals surface area contributed by atoms with Crippen molar-refractivity contribution >= 4 is 23.2 Å². The normalized spacial score (nSPS) is 19.6. The fourth-order valence-corrected chi connectivity index (χ4v) is 2.94. The first-order valence-electron chi connectivity index (χ1n) is 6.12. The zero-order valence-electron chi connectivity index (χ0n) is 10.4. The predicted octanol–water partition coefficient (Wildman–Crippen LogP) is 2.31. The van der Waals surface area contributed by atoms with Crippen LogP contribution in [-0.2, 0) is 9.53 Å². The fraction of sp³-hybridized carbons (Fsp3) is 0.538. The molecule has 0 aromatic carbocycles. The van der Waals surface area contributed by atoms with Gasteiger partial charge in [0.2, 0.25) is 0 Å². The number of carbonyl (C=O) groups is 2. The molecule has 2 rings (SSSR count). The quantitative estimate of drug-likeness (QED) is 0.789. The molecule has 1 aliphatic heterocycles. The molecule has 0 aliphatic carbocycles. The summed E-state index contributed by atoms with van der Waals surface area (Å²) in [6.45, 7) is 0.732. The summed E-state index contributed by atoms with van der Waals surface area (Å²) in [5.41, 5.74) is 0.719. The average Bonchev–Trinajstić information content (AvgIpc) is 2.92. The van der Waals surface area contributed by atoms with Gasteiger partial charge in [-0.2, -0.15) is 11.3 Å². The second kappa shape index (κ2) is 6.00. The lowest BCUT2D eigenvalue weighted by atomic mass is 9.98. The van der Waals surface area contributed by atoms with Crippen LogP contribution in [0.2, 0.25) is 0 Å². The summed E-state index contributed by atoms with van der Waals surface area (Å²) >= 11 is 1.51. The molecule has 0 radical (unpaired) electrons. The van der Waals surface area contributed by atoms with E-state index in [-0.39, 0.29) is 17.9 Å². The van der Waals surface area contributed by atoms with Crippen molar-refractivity contribution in [1.82, 2.24) is 4.90 Å². The molecule has 98 valence electrons. The topological polar surface area (TPSA) is 46.6 Å². The van der Waals surface area contributed by atoms with Crippen LogP contribution in [0.5, 0.6) is 0 Å². The van der Waals surface area contributed by atoms with Crippen molar-refractivity contribution in [2.45, 2.75) is 31.7 Å². The van der Waals surface area contributed by atoms with Crippen LogP contribution in [0.25, 0.3) is 0 Å². The van der Waals surface area contributed by atoms with Gasteiger partial charge in [0.1, 0.15) is 0 Å². The molecule has 0 saturated carbocycles. The number of nitrogens with zero attached hydrogens (tertiary/aromatic N) is 1. The lowest BCUT2D eigenvalue weighted by Gasteiger charge is -2.35. The smallest absolute Gasteiger partial charge is 0.307 e. The van der Waals surface area contributed by atoms with Crippen LogP contribution in [0.1, 0.15) is 36.0 Å². The Morgan fingerprint density at radius 1 is 1.50 bits per heavy atom. The number of hydrogen-bond donors (Lipinski definition) is 0. The average molecular weight is 267 g/mol. The maximum Gasteiger partial charge on any atom is 0.307 e. The minimum absolute atomic E-state index is 0.0152. The monoisotopic (exact) mass is 267 g/mol. The van der Waals surface area contributed by atoms with Crippen molar-refractivity contribution in [2.75, 3.05) is 13.7 Å². The second-order valence-corrected chi connectivity index (χ2v) is 5.22. The number of ether oxygens (including phenoxy) is 1. The highest BCUT2D eigenvalue weighted by atomic mass is 32.1. The maximum atomic E-state index is 12.3. The Kier molecular flexibility index (Phi) is 4.36. The number of esters is 1. The molecule has 1 fully saturated rings. The third-order valence-electron chi connectivity index (χ3n) is 3.29. The molecular formula is C13H17NO3S. The van der Waals surface area contributed by atoms with Gasteiger partial charge in [0, 0.05) is 18.0 Å². The lowest BCUT2D eigenvalue weighted by molar-refractivity contribution is -0.142. The standard InChI is InChI=1S/C13H17NO3S/c1-17-12(15)8-11-4-2-3-6-14(11)13(16)10-5-7-18-9-10/h5,7,9,11H,2-4,6,8H2,1H3. The van der Waals surface area contributed by atoms with E-state index in [1.54, 1.807) is 0 Å². The third-order valence-corrected chi connectivity index (χ3v) is 3.97. The number of rotatable bonds is 3. The summed E-state index contributed by atoms with van der Waals surface area (Å²) in [7, 11) is 1.39. The van der Waals surface area contributed by atoms with Crippen LogP contribution >= 0.6 is 11.3 Å². The highest BCUT2D eigenvalue weighted by Gasteiger charge is 2.29. The Bertz CT molecular complexity index is 416. The summed E-state index contributed by atoms with van der Waals surface area (Å²) in [6, 6.07) is 1.81. The Morgan fingerprint density at radius 2 is 2.33 bits per heavy atom. The van der Waals surface area contributed by atoms with E-state index in [1.807, 2.05) is 21.7 Å². The molecule has 2 heterocycles. The van der Waals surface area contributed by atoms with E-state index in [2.05, 4.69) is 0 Å². The van der Waals surface area contributed by atoms with Crippen molar-refractivity contribution in [1.29, 1.82) is 0 Å². The highest BCUT2D eigenvalue weighted by Crippen LogP contribution is 2.23. The zero-order valence-corrected chi connectivity index (χ0v) is 11.2. The van der Waals surface area contributed by atoms with Crippen molar-refractivity contribution in [3.05, 3.63) is 22.4 Å². The summed E-state index contributed by atoms with van der Waals surface area (Å²) in [5, 5.41) is 3.75. The first-order chi connectivity index (χ1) is 8.72. The van der Waals surface area contributed by atoms with Crippen LogP contribution < -0.4 is 0 Å². The van der Waals surface area contributed by atoms with Gasteiger partial charge in [0.05, 0.1) is 19.1 Å². The summed E-state index contributed by atoms with van der Waals surface area (Å²) in [4.78, 5) is 25.5. The zero-order chi connectivity index (χ0) is 13.0. The summed E-state index contributed by atoms with van der Waals surface area (Å²) < 4.78 is 4.70. The largest absolute Gasteiger partial charge is 0.469 e. The van der Waals surface area contributed by atoms with E-state index in [0.717, 1.165) is 31.4 Å². The number of piperidine rings is 1. The van der Waals surface area contributed by atoms with E-state index in [9.17, 15) is 9.59 Å². The van der Waals surface area contributed by atoms with Gasteiger partial charge in [-0.15, -0.1) is 0 Å². The predicted molar refractivity (Wildman–Crippen MR) is 69.6 cm³/mol. The van der Waals surface area contributed by atoms with Crippen molar-refractivity contribution in [3.63, 3.8) is 0 Å². The van der Waals surface area contributed by atoms with E-state index >= 15 is 0 Å². The molecule has 1 amide bonds. The number of carbonyl (C=O) groups excluding carboxylic acids is 2. The molecule has 18 heavy (non-hydrogen) atoms. The SMILES string of the molecule is COC(=O)CC1CCCCN1C(=O)c1ccsc1. The third kappa shape index (κ3) is 2.90.